The summed E-state index contributed by atoms with van der Waals surface area (Å²) in [6.45, 7) is 0. The number of benzene rings is 8. The van der Waals surface area contributed by atoms with Crippen LogP contribution in [0.4, 0.5) is 0 Å². The molecule has 11 aromatic rings. The van der Waals surface area contributed by atoms with Crippen molar-refractivity contribution in [3.63, 3.8) is 0 Å². The van der Waals surface area contributed by atoms with E-state index in [4.69, 9.17) is 24.4 Å². The molecule has 54 heavy (non-hydrogen) atoms. The van der Waals surface area contributed by atoms with Crippen molar-refractivity contribution in [2.24, 2.45) is 0 Å². The first-order valence-corrected chi connectivity index (χ1v) is 18.7. The topological polar surface area (TPSA) is 64.7 Å². The summed E-state index contributed by atoms with van der Waals surface area (Å²) in [5.74, 6) is 2.50. The molecule has 6 heteroatoms. The maximum atomic E-state index is 6.57. The fourth-order valence-corrected chi connectivity index (χ4v) is 8.73. The molecule has 0 N–H and O–H groups in total. The number of fused-ring (bicyclic) bond motifs is 8. The molecule has 0 fully saturated rings. The fraction of sp³-hybridized carbons (Fsp3) is 0. The van der Waals surface area contributed by atoms with Gasteiger partial charge < -0.3 is 4.42 Å². The van der Waals surface area contributed by atoms with Gasteiger partial charge in [0.2, 0.25) is 5.89 Å². The second-order valence-electron chi connectivity index (χ2n) is 13.4. The predicted molar refractivity (Wildman–Crippen MR) is 222 cm³/mol. The second kappa shape index (κ2) is 12.3. The summed E-state index contributed by atoms with van der Waals surface area (Å²) < 4.78 is 8.84. The van der Waals surface area contributed by atoms with Gasteiger partial charge in [-0.2, -0.15) is 0 Å². The lowest BCUT2D eigenvalue weighted by Crippen LogP contribution is -2.00. The average Bonchev–Trinajstić information content (AvgIpc) is 3.86. The zero-order valence-electron chi connectivity index (χ0n) is 28.8. The van der Waals surface area contributed by atoms with Gasteiger partial charge in [-0.3, -0.25) is 0 Å². The number of thiophene rings is 1. The van der Waals surface area contributed by atoms with Crippen LogP contribution in [0.1, 0.15) is 0 Å². The van der Waals surface area contributed by atoms with Gasteiger partial charge in [-0.1, -0.05) is 127 Å². The summed E-state index contributed by atoms with van der Waals surface area (Å²) in [6.07, 6.45) is 0. The highest BCUT2D eigenvalue weighted by molar-refractivity contribution is 7.26. The Hall–Kier alpha value is -7.02. The molecule has 0 saturated carbocycles. The van der Waals surface area contributed by atoms with E-state index in [1.807, 2.05) is 42.5 Å². The Balaban J connectivity index is 1.14. The van der Waals surface area contributed by atoms with Gasteiger partial charge in [0.25, 0.3) is 0 Å². The van der Waals surface area contributed by atoms with Gasteiger partial charge in [-0.05, 0) is 69.8 Å². The van der Waals surface area contributed by atoms with Crippen molar-refractivity contribution < 1.29 is 4.42 Å². The molecule has 3 aromatic heterocycles. The zero-order chi connectivity index (χ0) is 35.6. The maximum Gasteiger partial charge on any atom is 0.227 e. The normalized spacial score (nSPS) is 11.7. The van der Waals surface area contributed by atoms with Gasteiger partial charge in [0, 0.05) is 47.8 Å². The number of oxazole rings is 1. The molecule has 0 amide bonds. The number of nitrogens with zero attached hydrogens (tertiary/aromatic N) is 4. The Morgan fingerprint density at radius 1 is 0.407 bits per heavy atom. The molecule has 0 atom stereocenters. The monoisotopic (exact) mass is 708 g/mol. The molecule has 0 aliphatic rings. The molecule has 0 bridgehead atoms. The molecule has 0 unspecified atom stereocenters. The van der Waals surface area contributed by atoms with Crippen molar-refractivity contribution >= 4 is 64.2 Å². The number of hydrogen-bond donors (Lipinski definition) is 0. The van der Waals surface area contributed by atoms with Crippen LogP contribution in [0, 0.1) is 0 Å². The van der Waals surface area contributed by atoms with E-state index in [0.717, 1.165) is 80.8 Å². The van der Waals surface area contributed by atoms with Crippen LogP contribution in [0.5, 0.6) is 0 Å². The summed E-state index contributed by atoms with van der Waals surface area (Å²) in [6, 6.07) is 58.7. The summed E-state index contributed by atoms with van der Waals surface area (Å²) >= 11 is 1.75. The molecule has 0 aliphatic carbocycles. The highest BCUT2D eigenvalue weighted by atomic mass is 32.1. The SMILES string of the molecule is c1ccc(-c2cccc(-c3nc(-c4ccc5ccccc5c4)nc(-c4cccc5c4sc4ccc6ccc7nc(-c8ccccc8)oc7c6c45)n3)c2)cc1. The van der Waals surface area contributed by atoms with E-state index in [-0.39, 0.29) is 0 Å². The lowest BCUT2D eigenvalue weighted by Gasteiger charge is -2.11. The minimum absolute atomic E-state index is 0.616. The number of rotatable bonds is 5. The molecular weight excluding hydrogens is 681 g/mol. The van der Waals surface area contributed by atoms with Crippen molar-refractivity contribution in [2.75, 3.05) is 0 Å². The van der Waals surface area contributed by atoms with Crippen LogP contribution < -0.4 is 0 Å². The van der Waals surface area contributed by atoms with Crippen molar-refractivity contribution in [1.82, 2.24) is 19.9 Å². The van der Waals surface area contributed by atoms with Crippen LogP contribution in [0.15, 0.2) is 174 Å². The maximum absolute atomic E-state index is 6.57. The molecule has 8 aromatic carbocycles. The predicted octanol–water partition coefficient (Wildman–Crippen LogP) is 13.0. The lowest BCUT2D eigenvalue weighted by molar-refractivity contribution is 0.623. The van der Waals surface area contributed by atoms with Gasteiger partial charge in [0.05, 0.1) is 0 Å². The Morgan fingerprint density at radius 2 is 1.06 bits per heavy atom. The van der Waals surface area contributed by atoms with Gasteiger partial charge >= 0.3 is 0 Å². The first kappa shape index (κ1) is 30.6. The minimum atomic E-state index is 0.616. The summed E-state index contributed by atoms with van der Waals surface area (Å²) in [4.78, 5) is 20.5. The van der Waals surface area contributed by atoms with Crippen molar-refractivity contribution in [3.8, 4) is 56.7 Å². The Labute approximate surface area is 313 Å². The van der Waals surface area contributed by atoms with Gasteiger partial charge in [0.15, 0.2) is 23.1 Å². The summed E-state index contributed by atoms with van der Waals surface area (Å²) in [5, 5.41) is 6.76. The van der Waals surface area contributed by atoms with Crippen LogP contribution in [0.2, 0.25) is 0 Å². The average molecular weight is 709 g/mol. The fourth-order valence-electron chi connectivity index (χ4n) is 7.51. The van der Waals surface area contributed by atoms with Crippen molar-refractivity contribution in [1.29, 1.82) is 0 Å². The molecule has 0 radical (unpaired) electrons. The third-order valence-electron chi connectivity index (χ3n) is 10.1. The number of aromatic nitrogens is 4. The summed E-state index contributed by atoms with van der Waals surface area (Å²) in [7, 11) is 0. The standard InChI is InChI=1S/C48H28N4OS/c1-3-11-29(12-4-1)34-17-9-18-35(27-34)45-50-46(36-22-21-30-13-7-8-16-33(30)28-36)52-47(51-45)38-20-10-19-37-42-40(54-44(37)38)26-24-31-23-25-39-43(41(31)42)53-48(49-39)32-14-5-2-6-15-32/h1-28H. The smallest absolute Gasteiger partial charge is 0.227 e. The van der Waals surface area contributed by atoms with E-state index in [0.29, 0.717) is 23.4 Å². The Morgan fingerprint density at radius 3 is 1.89 bits per heavy atom. The molecule has 5 nitrogen and oxygen atoms in total. The van der Waals surface area contributed by atoms with Crippen LogP contribution in [-0.2, 0) is 0 Å². The Kier molecular flexibility index (Phi) is 6.97. The quantitative estimate of drug-likeness (QED) is 0.178. The molecule has 0 spiro atoms. The van der Waals surface area contributed by atoms with E-state index in [1.54, 1.807) is 11.3 Å². The highest BCUT2D eigenvalue weighted by Crippen LogP contribution is 2.45. The minimum Gasteiger partial charge on any atom is -0.435 e. The third-order valence-corrected chi connectivity index (χ3v) is 11.3. The van der Waals surface area contributed by atoms with Gasteiger partial charge in [-0.15, -0.1) is 11.3 Å². The molecule has 252 valence electrons. The third kappa shape index (κ3) is 5.07. The van der Waals surface area contributed by atoms with Crippen molar-refractivity contribution in [2.45, 2.75) is 0 Å². The first-order valence-electron chi connectivity index (χ1n) is 17.9. The molecule has 0 aliphatic heterocycles. The van der Waals surface area contributed by atoms with Crippen LogP contribution in [0.3, 0.4) is 0 Å². The number of hydrogen-bond acceptors (Lipinski definition) is 6. The second-order valence-corrected chi connectivity index (χ2v) is 14.5. The van der Waals surface area contributed by atoms with E-state index in [9.17, 15) is 0 Å². The van der Waals surface area contributed by atoms with E-state index >= 15 is 0 Å². The first-order chi connectivity index (χ1) is 26.7. The molecule has 0 saturated heterocycles. The van der Waals surface area contributed by atoms with E-state index in [1.165, 1.54) is 5.39 Å². The summed E-state index contributed by atoms with van der Waals surface area (Å²) in [5.41, 5.74) is 7.66. The molecular formula is C48H28N4OS. The molecule has 3 heterocycles. The van der Waals surface area contributed by atoms with Crippen LogP contribution in [-0.4, -0.2) is 19.9 Å². The molecule has 11 rings (SSSR count). The van der Waals surface area contributed by atoms with E-state index < -0.39 is 0 Å². The lowest BCUT2D eigenvalue weighted by atomic mass is 10.0. The van der Waals surface area contributed by atoms with Gasteiger partial charge in [-0.25, -0.2) is 19.9 Å². The van der Waals surface area contributed by atoms with Crippen LogP contribution >= 0.6 is 11.3 Å². The zero-order valence-corrected chi connectivity index (χ0v) is 29.6. The van der Waals surface area contributed by atoms with Crippen LogP contribution in [0.25, 0.3) is 110 Å². The van der Waals surface area contributed by atoms with E-state index in [2.05, 4.69) is 127 Å². The Bertz CT molecular complexity index is 3220. The van der Waals surface area contributed by atoms with Gasteiger partial charge in [0.1, 0.15) is 5.52 Å². The highest BCUT2D eigenvalue weighted by Gasteiger charge is 2.20. The van der Waals surface area contributed by atoms with Crippen molar-refractivity contribution in [3.05, 3.63) is 170 Å². The largest absolute Gasteiger partial charge is 0.435 e.